The van der Waals surface area contributed by atoms with E-state index in [1.54, 1.807) is 0 Å². The van der Waals surface area contributed by atoms with Crippen LogP contribution in [0, 0.1) is 0 Å². The summed E-state index contributed by atoms with van der Waals surface area (Å²) in [5.41, 5.74) is 4.66. The van der Waals surface area contributed by atoms with Crippen LogP contribution >= 0.6 is 0 Å². The lowest BCUT2D eigenvalue weighted by Crippen LogP contribution is -2.26. The van der Waals surface area contributed by atoms with Gasteiger partial charge in [0, 0.05) is 17.0 Å². The molecule has 0 amide bonds. The number of hydrogen-bond acceptors (Lipinski definition) is 2. The van der Waals surface area contributed by atoms with Gasteiger partial charge in [-0.25, -0.2) is 0 Å². The molecule has 1 heterocycles. The van der Waals surface area contributed by atoms with Gasteiger partial charge < -0.3 is 4.74 Å². The van der Waals surface area contributed by atoms with Crippen molar-refractivity contribution in [1.29, 1.82) is 0 Å². The number of benzene rings is 2. The molecule has 132 valence electrons. The third kappa shape index (κ3) is 3.49. The van der Waals surface area contributed by atoms with Gasteiger partial charge in [-0.15, -0.1) is 0 Å². The fourth-order valence-corrected chi connectivity index (χ4v) is 3.43. The third-order valence-corrected chi connectivity index (χ3v) is 4.96. The number of carbonyl (C=O) groups excluding carboxylic acids is 1. The molecule has 0 saturated heterocycles. The van der Waals surface area contributed by atoms with Crippen molar-refractivity contribution in [2.24, 2.45) is 0 Å². The van der Waals surface area contributed by atoms with Crippen LogP contribution in [0.3, 0.4) is 0 Å². The highest BCUT2D eigenvalue weighted by Crippen LogP contribution is 2.46. The highest BCUT2D eigenvalue weighted by Gasteiger charge is 2.34. The Balaban J connectivity index is 2.28. The van der Waals surface area contributed by atoms with Crippen LogP contribution < -0.4 is 4.74 Å². The van der Waals surface area contributed by atoms with Gasteiger partial charge in [0.25, 0.3) is 0 Å². The second-order valence-electron chi connectivity index (χ2n) is 9.08. The average molecular weight is 336 g/mol. The van der Waals surface area contributed by atoms with Gasteiger partial charge in [0.05, 0.1) is 6.42 Å². The first-order valence-corrected chi connectivity index (χ1v) is 9.02. The molecule has 1 atom stereocenters. The second kappa shape index (κ2) is 6.01. The van der Waals surface area contributed by atoms with Crippen LogP contribution in [0.5, 0.6) is 5.75 Å². The first kappa shape index (κ1) is 17.7. The lowest BCUT2D eigenvalue weighted by atomic mass is 9.75. The second-order valence-corrected chi connectivity index (χ2v) is 9.08. The number of ether oxygens (including phenoxy) is 1. The van der Waals surface area contributed by atoms with Crippen molar-refractivity contribution in [1.82, 2.24) is 0 Å². The van der Waals surface area contributed by atoms with Gasteiger partial charge in [-0.3, -0.25) is 4.79 Å². The molecule has 2 nitrogen and oxygen atoms in total. The zero-order valence-electron chi connectivity index (χ0n) is 16.1. The van der Waals surface area contributed by atoms with Gasteiger partial charge in [0.15, 0.2) is 0 Å². The normalized spacial score (nSPS) is 17.8. The van der Waals surface area contributed by atoms with E-state index in [9.17, 15) is 4.79 Å². The first-order chi connectivity index (χ1) is 11.6. The van der Waals surface area contributed by atoms with Crippen molar-refractivity contribution in [2.75, 3.05) is 0 Å². The minimum Gasteiger partial charge on any atom is -0.426 e. The van der Waals surface area contributed by atoms with Crippen LogP contribution in [-0.2, 0) is 15.6 Å². The van der Waals surface area contributed by atoms with Crippen LogP contribution in [-0.4, -0.2) is 5.97 Å². The zero-order valence-corrected chi connectivity index (χ0v) is 16.1. The van der Waals surface area contributed by atoms with Gasteiger partial charge in [-0.05, 0) is 22.0 Å². The summed E-state index contributed by atoms with van der Waals surface area (Å²) in [5.74, 6) is 0.682. The molecule has 0 radical (unpaired) electrons. The van der Waals surface area contributed by atoms with Crippen molar-refractivity contribution in [3.63, 3.8) is 0 Å². The molecule has 2 heteroatoms. The summed E-state index contributed by atoms with van der Waals surface area (Å²) in [6, 6.07) is 14.8. The van der Waals surface area contributed by atoms with Crippen molar-refractivity contribution in [3.8, 4) is 5.75 Å². The minimum atomic E-state index is -0.143. The molecule has 0 saturated carbocycles. The summed E-state index contributed by atoms with van der Waals surface area (Å²) < 4.78 is 5.77. The Morgan fingerprint density at radius 2 is 1.56 bits per heavy atom. The van der Waals surface area contributed by atoms with E-state index in [4.69, 9.17) is 4.74 Å². The highest BCUT2D eigenvalue weighted by molar-refractivity contribution is 5.79. The smallest absolute Gasteiger partial charge is 0.312 e. The molecule has 25 heavy (non-hydrogen) atoms. The summed E-state index contributed by atoms with van der Waals surface area (Å²) in [4.78, 5) is 12.3. The highest BCUT2D eigenvalue weighted by atomic mass is 16.5. The molecule has 0 bridgehead atoms. The Kier molecular flexibility index (Phi) is 4.26. The van der Waals surface area contributed by atoms with E-state index in [1.165, 1.54) is 11.1 Å². The van der Waals surface area contributed by atoms with Gasteiger partial charge in [0.1, 0.15) is 5.75 Å². The van der Waals surface area contributed by atoms with Gasteiger partial charge in [0.2, 0.25) is 0 Å². The maximum atomic E-state index is 12.3. The molecule has 2 aromatic carbocycles. The van der Waals surface area contributed by atoms with E-state index >= 15 is 0 Å². The number of carbonyl (C=O) groups is 1. The Labute approximate surface area is 151 Å². The Hall–Kier alpha value is -2.09. The molecule has 1 aliphatic rings. The largest absolute Gasteiger partial charge is 0.426 e. The summed E-state index contributed by atoms with van der Waals surface area (Å²) in [5, 5.41) is 0. The summed E-state index contributed by atoms with van der Waals surface area (Å²) >= 11 is 0. The van der Waals surface area contributed by atoms with E-state index < -0.39 is 0 Å². The number of esters is 1. The molecule has 1 unspecified atom stereocenters. The van der Waals surface area contributed by atoms with Crippen molar-refractivity contribution in [3.05, 3.63) is 64.7 Å². The van der Waals surface area contributed by atoms with E-state index in [1.807, 2.05) is 18.2 Å². The van der Waals surface area contributed by atoms with E-state index in [-0.39, 0.29) is 22.7 Å². The lowest BCUT2D eigenvalue weighted by molar-refractivity contribution is -0.135. The van der Waals surface area contributed by atoms with Crippen molar-refractivity contribution >= 4 is 5.97 Å². The Morgan fingerprint density at radius 3 is 2.12 bits per heavy atom. The molecule has 1 aliphatic heterocycles. The van der Waals surface area contributed by atoms with Crippen LogP contribution in [0.25, 0.3) is 0 Å². The van der Waals surface area contributed by atoms with Gasteiger partial charge >= 0.3 is 5.97 Å². The number of rotatable bonds is 1. The topological polar surface area (TPSA) is 26.3 Å². The molecule has 0 N–H and O–H groups in total. The summed E-state index contributed by atoms with van der Waals surface area (Å²) in [6.07, 6.45) is 0.397. The lowest BCUT2D eigenvalue weighted by Gasteiger charge is -2.33. The molecule has 0 aliphatic carbocycles. The predicted molar refractivity (Wildman–Crippen MR) is 102 cm³/mol. The van der Waals surface area contributed by atoms with E-state index in [0.717, 1.165) is 16.9 Å². The monoisotopic (exact) mass is 336 g/mol. The molecular weight excluding hydrogens is 308 g/mol. The van der Waals surface area contributed by atoms with Crippen LogP contribution in [0.1, 0.15) is 76.1 Å². The number of fused-ring (bicyclic) bond motifs is 1. The van der Waals surface area contributed by atoms with Crippen LogP contribution in [0.2, 0.25) is 0 Å². The van der Waals surface area contributed by atoms with E-state index in [2.05, 4.69) is 65.8 Å². The van der Waals surface area contributed by atoms with Crippen molar-refractivity contribution < 1.29 is 9.53 Å². The van der Waals surface area contributed by atoms with Crippen LogP contribution in [0.4, 0.5) is 0 Å². The Bertz CT molecular complexity index is 789. The quantitative estimate of drug-likeness (QED) is 0.491. The molecule has 2 aromatic rings. The molecule has 0 aromatic heterocycles. The summed E-state index contributed by atoms with van der Waals surface area (Å²) in [7, 11) is 0. The maximum absolute atomic E-state index is 12.3. The van der Waals surface area contributed by atoms with Gasteiger partial charge in [-0.2, -0.15) is 0 Å². The standard InChI is InChI=1S/C23H28O2/c1-22(2,3)16-12-18-17(15-10-8-7-9-11-15)14-20(24)25-21(18)19(13-16)23(4,5)6/h7-13,17H,14H2,1-6H3. The SMILES string of the molecule is CC(C)(C)c1cc2c(c(C(C)(C)C)c1)OC(=O)CC2c1ccccc1. The fourth-order valence-electron chi connectivity index (χ4n) is 3.43. The number of hydrogen-bond donors (Lipinski definition) is 0. The van der Waals surface area contributed by atoms with Gasteiger partial charge in [-0.1, -0.05) is 84.0 Å². The Morgan fingerprint density at radius 1 is 0.920 bits per heavy atom. The minimum absolute atomic E-state index is 0.0394. The van der Waals surface area contributed by atoms with Crippen molar-refractivity contribution in [2.45, 2.75) is 64.7 Å². The fraction of sp³-hybridized carbons (Fsp3) is 0.435. The maximum Gasteiger partial charge on any atom is 0.312 e. The van der Waals surface area contributed by atoms with Crippen LogP contribution in [0.15, 0.2) is 42.5 Å². The third-order valence-electron chi connectivity index (χ3n) is 4.96. The molecular formula is C23H28O2. The predicted octanol–water partition coefficient (Wildman–Crippen LogP) is 5.72. The molecule has 0 spiro atoms. The average Bonchev–Trinajstić information content (AvgIpc) is 2.52. The molecule has 3 rings (SSSR count). The van der Waals surface area contributed by atoms with E-state index in [0.29, 0.717) is 6.42 Å². The first-order valence-electron chi connectivity index (χ1n) is 9.02. The molecule has 0 fully saturated rings. The summed E-state index contributed by atoms with van der Waals surface area (Å²) in [6.45, 7) is 13.2. The zero-order chi connectivity index (χ0) is 18.4.